The lowest BCUT2D eigenvalue weighted by Gasteiger charge is -2.07. The molecule has 2 rings (SSSR count). The third-order valence-electron chi connectivity index (χ3n) is 2.66. The minimum Gasteiger partial charge on any atom is -0.465 e. The number of hydrogen-bond donors (Lipinski definition) is 1. The number of carbonyl (C=O) groups excluding carboxylic acids is 2. The Morgan fingerprint density at radius 1 is 1.20 bits per heavy atom. The lowest BCUT2D eigenvalue weighted by Crippen LogP contribution is -2.11. The summed E-state index contributed by atoms with van der Waals surface area (Å²) in [6, 6.07) is 8.42. The summed E-state index contributed by atoms with van der Waals surface area (Å²) in [6.07, 6.45) is 0. The van der Waals surface area contributed by atoms with Crippen LogP contribution in [0.5, 0.6) is 0 Å². The van der Waals surface area contributed by atoms with Gasteiger partial charge in [0, 0.05) is 10.7 Å². The number of ether oxygens (including phenoxy) is 1. The van der Waals surface area contributed by atoms with Gasteiger partial charge in [0.2, 0.25) is 0 Å². The Hall–Kier alpha value is -1.85. The van der Waals surface area contributed by atoms with Crippen molar-refractivity contribution in [2.24, 2.45) is 0 Å². The van der Waals surface area contributed by atoms with Crippen LogP contribution in [0.25, 0.3) is 0 Å². The highest BCUT2D eigenvalue weighted by molar-refractivity contribution is 7.16. The zero-order valence-electron chi connectivity index (χ0n) is 10.9. The molecule has 0 spiro atoms. The van der Waals surface area contributed by atoms with E-state index >= 15 is 0 Å². The molecular formula is C14H12ClNO3S. The molecule has 0 aliphatic rings. The van der Waals surface area contributed by atoms with E-state index in [0.717, 1.165) is 16.9 Å². The molecule has 0 saturated carbocycles. The van der Waals surface area contributed by atoms with Gasteiger partial charge in [-0.3, -0.25) is 4.79 Å². The standard InChI is InChI=1S/C14H12ClNO3S/c1-8-3-4-9(15)7-10(8)16-13(17)11-5-6-12(20-11)14(18)19-2/h3-7H,1-2H3,(H,16,17). The summed E-state index contributed by atoms with van der Waals surface area (Å²) in [5.41, 5.74) is 1.56. The molecule has 1 aromatic heterocycles. The number of hydrogen-bond acceptors (Lipinski definition) is 4. The molecule has 0 atom stereocenters. The molecule has 4 nitrogen and oxygen atoms in total. The van der Waals surface area contributed by atoms with Gasteiger partial charge in [0.25, 0.3) is 5.91 Å². The molecular weight excluding hydrogens is 298 g/mol. The molecule has 20 heavy (non-hydrogen) atoms. The van der Waals surface area contributed by atoms with E-state index in [0.29, 0.717) is 20.5 Å². The molecule has 2 aromatic rings. The molecule has 0 unspecified atom stereocenters. The molecule has 1 N–H and O–H groups in total. The normalized spacial score (nSPS) is 10.2. The van der Waals surface area contributed by atoms with Crippen LogP contribution in [0.4, 0.5) is 5.69 Å². The largest absolute Gasteiger partial charge is 0.465 e. The highest BCUT2D eigenvalue weighted by atomic mass is 35.5. The second-order valence-corrected chi connectivity index (χ2v) is 5.59. The van der Waals surface area contributed by atoms with Gasteiger partial charge in [0.15, 0.2) is 0 Å². The number of rotatable bonds is 3. The van der Waals surface area contributed by atoms with Gasteiger partial charge in [-0.1, -0.05) is 17.7 Å². The number of aryl methyl sites for hydroxylation is 1. The number of nitrogens with one attached hydrogen (secondary N) is 1. The maximum Gasteiger partial charge on any atom is 0.348 e. The number of carbonyl (C=O) groups is 2. The first-order chi connectivity index (χ1) is 9.51. The van der Waals surface area contributed by atoms with Gasteiger partial charge in [-0.05, 0) is 36.8 Å². The van der Waals surface area contributed by atoms with E-state index in [-0.39, 0.29) is 5.91 Å². The SMILES string of the molecule is COC(=O)c1ccc(C(=O)Nc2cc(Cl)ccc2C)s1. The molecule has 0 aliphatic carbocycles. The third-order valence-corrected chi connectivity index (χ3v) is 3.96. The van der Waals surface area contributed by atoms with Crippen molar-refractivity contribution in [3.8, 4) is 0 Å². The zero-order chi connectivity index (χ0) is 14.7. The minimum absolute atomic E-state index is 0.282. The van der Waals surface area contributed by atoms with Crippen LogP contribution < -0.4 is 5.32 Å². The van der Waals surface area contributed by atoms with E-state index in [9.17, 15) is 9.59 Å². The van der Waals surface area contributed by atoms with E-state index in [4.69, 9.17) is 11.6 Å². The Bertz CT molecular complexity index is 666. The van der Waals surface area contributed by atoms with E-state index in [1.54, 1.807) is 24.3 Å². The number of thiophene rings is 1. The number of methoxy groups -OCH3 is 1. The predicted octanol–water partition coefficient (Wildman–Crippen LogP) is 3.75. The van der Waals surface area contributed by atoms with Crippen molar-refractivity contribution < 1.29 is 14.3 Å². The average molecular weight is 310 g/mol. The summed E-state index contributed by atoms with van der Waals surface area (Å²) in [6.45, 7) is 1.88. The van der Waals surface area contributed by atoms with Crippen LogP contribution in [-0.2, 0) is 4.74 Å². The van der Waals surface area contributed by atoms with Crippen molar-refractivity contribution in [1.29, 1.82) is 0 Å². The van der Waals surface area contributed by atoms with Gasteiger partial charge >= 0.3 is 5.97 Å². The van der Waals surface area contributed by atoms with Crippen LogP contribution in [-0.4, -0.2) is 19.0 Å². The highest BCUT2D eigenvalue weighted by Gasteiger charge is 2.14. The number of anilines is 1. The molecule has 0 aliphatic heterocycles. The fraction of sp³-hybridized carbons (Fsp3) is 0.143. The first-order valence-electron chi connectivity index (χ1n) is 5.77. The molecule has 1 aromatic carbocycles. The summed E-state index contributed by atoms with van der Waals surface area (Å²) in [4.78, 5) is 24.3. The van der Waals surface area contributed by atoms with Gasteiger partial charge < -0.3 is 10.1 Å². The molecule has 0 bridgehead atoms. The number of halogens is 1. The maximum atomic E-state index is 12.1. The smallest absolute Gasteiger partial charge is 0.348 e. The summed E-state index contributed by atoms with van der Waals surface area (Å²) < 4.78 is 4.60. The second kappa shape index (κ2) is 6.07. The third kappa shape index (κ3) is 3.18. The summed E-state index contributed by atoms with van der Waals surface area (Å²) in [5.74, 6) is -0.733. The van der Waals surface area contributed by atoms with Gasteiger partial charge in [-0.2, -0.15) is 0 Å². The fourth-order valence-corrected chi connectivity index (χ4v) is 2.57. The summed E-state index contributed by atoms with van der Waals surface area (Å²) in [5, 5.41) is 3.32. The van der Waals surface area contributed by atoms with Crippen molar-refractivity contribution in [3.05, 3.63) is 50.7 Å². The van der Waals surface area contributed by atoms with Gasteiger partial charge in [-0.15, -0.1) is 11.3 Å². The van der Waals surface area contributed by atoms with E-state index in [1.807, 2.05) is 13.0 Å². The first kappa shape index (κ1) is 14.6. The predicted molar refractivity (Wildman–Crippen MR) is 79.8 cm³/mol. The second-order valence-electron chi connectivity index (χ2n) is 4.07. The summed E-state index contributed by atoms with van der Waals surface area (Å²) in [7, 11) is 1.30. The number of benzene rings is 1. The topological polar surface area (TPSA) is 55.4 Å². The Morgan fingerprint density at radius 2 is 1.90 bits per heavy atom. The Balaban J connectivity index is 2.18. The van der Waals surface area contributed by atoms with Crippen LogP contribution in [0.2, 0.25) is 5.02 Å². The van der Waals surface area contributed by atoms with Gasteiger partial charge in [-0.25, -0.2) is 4.79 Å². The molecule has 6 heteroatoms. The van der Waals surface area contributed by atoms with Crippen molar-refractivity contribution in [2.45, 2.75) is 6.92 Å². The van der Waals surface area contributed by atoms with E-state index < -0.39 is 5.97 Å². The summed E-state index contributed by atoms with van der Waals surface area (Å²) >= 11 is 6.98. The monoisotopic (exact) mass is 309 g/mol. The molecule has 0 radical (unpaired) electrons. The van der Waals surface area contributed by atoms with Crippen molar-refractivity contribution in [2.75, 3.05) is 12.4 Å². The zero-order valence-corrected chi connectivity index (χ0v) is 12.5. The van der Waals surface area contributed by atoms with Crippen LogP contribution in [0, 0.1) is 6.92 Å². The van der Waals surface area contributed by atoms with Crippen molar-refractivity contribution in [3.63, 3.8) is 0 Å². The first-order valence-corrected chi connectivity index (χ1v) is 6.96. The number of amides is 1. The lowest BCUT2D eigenvalue weighted by molar-refractivity contribution is 0.0606. The Morgan fingerprint density at radius 3 is 2.60 bits per heavy atom. The fourth-order valence-electron chi connectivity index (χ4n) is 1.58. The molecule has 0 saturated heterocycles. The van der Waals surface area contributed by atoms with E-state index in [2.05, 4.69) is 10.1 Å². The Labute approximate surface area is 125 Å². The minimum atomic E-state index is -0.451. The number of esters is 1. The quantitative estimate of drug-likeness (QED) is 0.879. The average Bonchev–Trinajstić information content (AvgIpc) is 2.91. The molecule has 104 valence electrons. The molecule has 0 fully saturated rings. The van der Waals surface area contributed by atoms with E-state index in [1.165, 1.54) is 7.11 Å². The van der Waals surface area contributed by atoms with Gasteiger partial charge in [0.1, 0.15) is 4.88 Å². The van der Waals surface area contributed by atoms with Crippen molar-refractivity contribution >= 4 is 40.5 Å². The van der Waals surface area contributed by atoms with Gasteiger partial charge in [0.05, 0.1) is 12.0 Å². The Kier molecular flexibility index (Phi) is 4.42. The lowest BCUT2D eigenvalue weighted by atomic mass is 10.2. The van der Waals surface area contributed by atoms with Crippen LogP contribution >= 0.6 is 22.9 Å². The van der Waals surface area contributed by atoms with Crippen molar-refractivity contribution in [1.82, 2.24) is 0 Å². The van der Waals surface area contributed by atoms with Crippen LogP contribution in [0.15, 0.2) is 30.3 Å². The van der Waals surface area contributed by atoms with Crippen LogP contribution in [0.1, 0.15) is 24.9 Å². The maximum absolute atomic E-state index is 12.1. The van der Waals surface area contributed by atoms with Crippen LogP contribution in [0.3, 0.4) is 0 Å². The molecule has 1 heterocycles. The molecule has 1 amide bonds. The highest BCUT2D eigenvalue weighted by Crippen LogP contribution is 2.23.